The van der Waals surface area contributed by atoms with Gasteiger partial charge in [0.1, 0.15) is 18.2 Å². The zero-order valence-corrected chi connectivity index (χ0v) is 21.1. The summed E-state index contributed by atoms with van der Waals surface area (Å²) in [5.74, 6) is -0.441. The number of fused-ring (bicyclic) bond motifs is 4. The third-order valence-electron chi connectivity index (χ3n) is 8.43. The molecule has 0 saturated heterocycles. The van der Waals surface area contributed by atoms with E-state index in [1.807, 2.05) is 24.3 Å². The van der Waals surface area contributed by atoms with Gasteiger partial charge in [-0.2, -0.15) is 0 Å². The zero-order valence-electron chi connectivity index (χ0n) is 24.1. The summed E-state index contributed by atoms with van der Waals surface area (Å²) in [4.78, 5) is 0. The minimum absolute atomic E-state index is 0.293. The first-order valence-corrected chi connectivity index (χ1v) is 13.3. The number of furan rings is 1. The predicted octanol–water partition coefficient (Wildman–Crippen LogP) is 8.66. The number of rotatable bonds is 3. The molecule has 7 rings (SSSR count). The lowest BCUT2D eigenvalue weighted by atomic mass is 9.73. The highest BCUT2D eigenvalue weighted by Gasteiger charge is 2.31. The first kappa shape index (κ1) is 18.8. The monoisotopic (exact) mass is 475 g/mol. The lowest BCUT2D eigenvalue weighted by Gasteiger charge is -2.31. The molecule has 0 N–H and O–H groups in total. The van der Waals surface area contributed by atoms with Gasteiger partial charge in [-0.25, -0.2) is 4.57 Å². The fraction of sp³-hybridized carbons (Fsp3) is 0.324. The molecule has 5 aromatic rings. The Bertz CT molecular complexity index is 1750. The van der Waals surface area contributed by atoms with Crippen LogP contribution in [0.1, 0.15) is 65.2 Å². The van der Waals surface area contributed by atoms with Gasteiger partial charge in [-0.05, 0) is 79.1 Å². The third-order valence-corrected chi connectivity index (χ3v) is 8.43. The van der Waals surface area contributed by atoms with E-state index in [0.717, 1.165) is 68.3 Å². The first-order valence-electron chi connectivity index (χ1n) is 14.8. The Labute approximate surface area is 217 Å². The van der Waals surface area contributed by atoms with Crippen LogP contribution in [0.5, 0.6) is 0 Å². The second-order valence-electron chi connectivity index (χ2n) is 10.5. The number of benzene rings is 3. The average Bonchev–Trinajstić information content (AvgIpc) is 3.60. The van der Waals surface area contributed by atoms with Crippen LogP contribution in [0.15, 0.2) is 77.3 Å². The summed E-state index contributed by atoms with van der Waals surface area (Å²) >= 11 is 0. The number of nitrogens with zero attached hydrogens (tertiary/aromatic N) is 1. The number of aryl methyl sites for hydroxylation is 2. The summed E-state index contributed by atoms with van der Waals surface area (Å²) in [6.45, 7) is 2.12. The molecule has 1 atom stereocenters. The maximum Gasteiger partial charge on any atom is 0.216 e. The molecule has 0 radical (unpaired) electrons. The van der Waals surface area contributed by atoms with E-state index in [1.54, 1.807) is 0 Å². The highest BCUT2D eigenvalue weighted by atomic mass is 16.3. The standard InChI is InChI=1S/C34H34NO/c1-22-19-20-30-29-17-9-16-28(33(29)36-34(30)32(22)31-18-5-6-21-35(31)2)27-15-8-13-25-24(12-7-14-26(25)27)23-10-3-4-11-23/h5-6,8-9,13,15-21,23-24H,3-4,7,10-12,14H2,1-2H3/q+1/i14D2,24D. The van der Waals surface area contributed by atoms with Crippen LogP contribution in [0.3, 0.4) is 0 Å². The SMILES string of the molecule is [2H]C1([2H])CCC([2H])(C2CCCC2)c2cccc(-c3cccc4c3oc3c(-c5cccc[n+]5C)c(C)ccc34)c21. The summed E-state index contributed by atoms with van der Waals surface area (Å²) in [5.41, 5.74) is 8.29. The molecule has 0 spiro atoms. The van der Waals surface area contributed by atoms with Gasteiger partial charge in [0.25, 0.3) is 0 Å². The van der Waals surface area contributed by atoms with E-state index >= 15 is 0 Å². The van der Waals surface area contributed by atoms with E-state index in [2.05, 4.69) is 67.2 Å². The van der Waals surface area contributed by atoms with Gasteiger partial charge in [0.2, 0.25) is 5.69 Å². The predicted molar refractivity (Wildman–Crippen MR) is 148 cm³/mol. The number of hydrogen-bond acceptors (Lipinski definition) is 1. The third kappa shape index (κ3) is 3.34. The lowest BCUT2D eigenvalue weighted by Crippen LogP contribution is -2.30. The molecule has 36 heavy (non-hydrogen) atoms. The maximum atomic E-state index is 9.66. The summed E-state index contributed by atoms with van der Waals surface area (Å²) in [6.07, 6.45) is 5.98. The Balaban J connectivity index is 1.50. The fourth-order valence-electron chi connectivity index (χ4n) is 6.66. The molecular formula is C34H34NO+. The molecule has 0 bridgehead atoms. The van der Waals surface area contributed by atoms with E-state index in [0.29, 0.717) is 24.3 Å². The Kier molecular flexibility index (Phi) is 4.51. The van der Waals surface area contributed by atoms with Crippen molar-refractivity contribution in [2.24, 2.45) is 13.0 Å². The summed E-state index contributed by atoms with van der Waals surface area (Å²) < 4.78 is 36.8. The van der Waals surface area contributed by atoms with Gasteiger partial charge in [-0.15, -0.1) is 0 Å². The van der Waals surface area contributed by atoms with Crippen molar-refractivity contribution in [2.45, 2.75) is 57.7 Å². The Morgan fingerprint density at radius 2 is 1.64 bits per heavy atom. The van der Waals surface area contributed by atoms with Crippen LogP contribution >= 0.6 is 0 Å². The molecule has 3 aromatic carbocycles. The van der Waals surface area contributed by atoms with Crippen LogP contribution in [-0.4, -0.2) is 0 Å². The van der Waals surface area contributed by atoms with Crippen molar-refractivity contribution in [3.63, 3.8) is 0 Å². The van der Waals surface area contributed by atoms with E-state index in [4.69, 9.17) is 7.16 Å². The van der Waals surface area contributed by atoms with Gasteiger partial charge in [0.05, 0.1) is 5.56 Å². The molecule has 2 aliphatic carbocycles. The molecule has 180 valence electrons. The molecule has 1 unspecified atom stereocenters. The van der Waals surface area contributed by atoms with E-state index in [9.17, 15) is 1.37 Å². The number of hydrogen-bond donors (Lipinski definition) is 0. The molecular weight excluding hydrogens is 438 g/mol. The van der Waals surface area contributed by atoms with Crippen molar-refractivity contribution in [1.82, 2.24) is 0 Å². The quantitative estimate of drug-likeness (QED) is 0.239. The normalized spacial score (nSPS) is 22.9. The van der Waals surface area contributed by atoms with Crippen molar-refractivity contribution in [3.05, 3.63) is 89.6 Å². The molecule has 1 saturated carbocycles. The molecule has 2 nitrogen and oxygen atoms in total. The summed E-state index contributed by atoms with van der Waals surface area (Å²) in [5, 5.41) is 2.09. The van der Waals surface area contributed by atoms with Crippen LogP contribution in [0, 0.1) is 12.8 Å². The highest BCUT2D eigenvalue weighted by molar-refractivity contribution is 6.13. The van der Waals surface area contributed by atoms with Crippen LogP contribution in [-0.2, 0) is 13.4 Å². The van der Waals surface area contributed by atoms with Crippen molar-refractivity contribution in [3.8, 4) is 22.4 Å². The van der Waals surface area contributed by atoms with Crippen molar-refractivity contribution in [2.75, 3.05) is 0 Å². The lowest BCUT2D eigenvalue weighted by molar-refractivity contribution is -0.660. The van der Waals surface area contributed by atoms with Gasteiger partial charge in [-0.3, -0.25) is 0 Å². The van der Waals surface area contributed by atoms with Crippen molar-refractivity contribution in [1.29, 1.82) is 0 Å². The van der Waals surface area contributed by atoms with E-state index in [1.165, 1.54) is 12.8 Å². The maximum absolute atomic E-state index is 9.66. The number of para-hydroxylation sites is 1. The minimum Gasteiger partial charge on any atom is -0.454 e. The van der Waals surface area contributed by atoms with Gasteiger partial charge in [-0.1, -0.05) is 61.4 Å². The van der Waals surface area contributed by atoms with Crippen LogP contribution in [0.25, 0.3) is 44.3 Å². The van der Waals surface area contributed by atoms with Crippen molar-refractivity contribution >= 4 is 21.9 Å². The van der Waals surface area contributed by atoms with Crippen LogP contribution in [0.2, 0.25) is 0 Å². The zero-order chi connectivity index (χ0) is 26.9. The molecule has 2 aromatic heterocycles. The molecule has 0 amide bonds. The molecule has 0 aliphatic heterocycles. The van der Waals surface area contributed by atoms with Gasteiger partial charge >= 0.3 is 0 Å². The molecule has 2 heterocycles. The highest BCUT2D eigenvalue weighted by Crippen LogP contribution is 2.47. The second kappa shape index (κ2) is 8.62. The van der Waals surface area contributed by atoms with Gasteiger partial charge in [0.15, 0.2) is 6.20 Å². The van der Waals surface area contributed by atoms with Crippen molar-refractivity contribution < 1.29 is 13.1 Å². The number of pyridine rings is 1. The Hall–Kier alpha value is -3.39. The topological polar surface area (TPSA) is 17.0 Å². The Morgan fingerprint density at radius 3 is 2.50 bits per heavy atom. The van der Waals surface area contributed by atoms with Crippen LogP contribution in [0.4, 0.5) is 0 Å². The van der Waals surface area contributed by atoms with E-state index in [-0.39, 0.29) is 0 Å². The molecule has 2 heteroatoms. The largest absolute Gasteiger partial charge is 0.454 e. The summed E-state index contributed by atoms with van der Waals surface area (Å²) in [7, 11) is 2.05. The second-order valence-corrected chi connectivity index (χ2v) is 10.5. The fourth-order valence-corrected chi connectivity index (χ4v) is 6.66. The smallest absolute Gasteiger partial charge is 0.216 e. The van der Waals surface area contributed by atoms with Crippen LogP contribution < -0.4 is 4.57 Å². The molecule has 2 aliphatic rings. The van der Waals surface area contributed by atoms with Gasteiger partial charge < -0.3 is 4.42 Å². The first-order chi connectivity index (χ1) is 18.8. The Morgan fingerprint density at radius 1 is 0.833 bits per heavy atom. The molecule has 1 fully saturated rings. The van der Waals surface area contributed by atoms with E-state index < -0.39 is 12.3 Å². The average molecular weight is 476 g/mol. The number of aromatic nitrogens is 1. The summed E-state index contributed by atoms with van der Waals surface area (Å²) in [6, 6.07) is 22.8. The minimum atomic E-state index is -1.50. The van der Waals surface area contributed by atoms with Gasteiger partial charge in [0, 0.05) is 32.6 Å².